The zero-order valence-electron chi connectivity index (χ0n) is 11.6. The second kappa shape index (κ2) is 5.93. The van der Waals surface area contributed by atoms with E-state index in [2.05, 4.69) is 33.6 Å². The van der Waals surface area contributed by atoms with Crippen molar-refractivity contribution >= 4 is 17.5 Å². The van der Waals surface area contributed by atoms with Crippen LogP contribution in [0.4, 0.5) is 0 Å². The Bertz CT molecular complexity index is 938. The standard InChI is InChI=1S/C14H12N4O3/c1-3-4-8-18-10(7-5-6-9-19)15-12-11(18)13(20)16-14(21)17(12)2/h9H,6,8H2,1-2H3,(H,16,20,21). The number of hydrogen-bond donors (Lipinski definition) is 1. The fraction of sp³-hybridized carbons (Fsp3) is 0.286. The van der Waals surface area contributed by atoms with Gasteiger partial charge in [0.25, 0.3) is 5.56 Å². The minimum absolute atomic E-state index is 0.0674. The first-order valence-electron chi connectivity index (χ1n) is 6.11. The second-order valence-corrected chi connectivity index (χ2v) is 4.11. The predicted octanol–water partition coefficient (Wildman–Crippen LogP) is -0.613. The summed E-state index contributed by atoms with van der Waals surface area (Å²) < 4.78 is 2.76. The Kier molecular flexibility index (Phi) is 4.05. The normalized spacial score (nSPS) is 9.62. The maximum absolute atomic E-state index is 12.0. The molecule has 0 bridgehead atoms. The van der Waals surface area contributed by atoms with E-state index < -0.39 is 11.2 Å². The van der Waals surface area contributed by atoms with E-state index in [0.29, 0.717) is 12.1 Å². The van der Waals surface area contributed by atoms with Crippen LogP contribution in [0.5, 0.6) is 0 Å². The number of aryl methyl sites for hydroxylation is 1. The molecule has 7 nitrogen and oxygen atoms in total. The average Bonchev–Trinajstić information content (AvgIpc) is 2.82. The fourth-order valence-corrected chi connectivity index (χ4v) is 1.81. The molecule has 0 saturated carbocycles. The molecular formula is C14H12N4O3. The van der Waals surface area contributed by atoms with Crippen molar-refractivity contribution in [2.24, 2.45) is 7.05 Å². The Labute approximate surface area is 119 Å². The van der Waals surface area contributed by atoms with Crippen LogP contribution in [0.3, 0.4) is 0 Å². The molecule has 0 spiro atoms. The highest BCUT2D eigenvalue weighted by Gasteiger charge is 2.15. The monoisotopic (exact) mass is 284 g/mol. The van der Waals surface area contributed by atoms with Crippen LogP contribution in [0.2, 0.25) is 0 Å². The Morgan fingerprint density at radius 2 is 2.10 bits per heavy atom. The Morgan fingerprint density at radius 1 is 1.33 bits per heavy atom. The Hall–Kier alpha value is -3.06. The summed E-state index contributed by atoms with van der Waals surface area (Å²) in [5.74, 6) is 11.2. The number of rotatable bonds is 2. The molecule has 0 aromatic carbocycles. The van der Waals surface area contributed by atoms with Gasteiger partial charge in [0.05, 0.1) is 13.0 Å². The van der Waals surface area contributed by atoms with Gasteiger partial charge in [0.2, 0.25) is 0 Å². The lowest BCUT2D eigenvalue weighted by Gasteiger charge is -2.00. The highest BCUT2D eigenvalue weighted by Crippen LogP contribution is 2.09. The first-order chi connectivity index (χ1) is 10.1. The van der Waals surface area contributed by atoms with Gasteiger partial charge < -0.3 is 4.79 Å². The van der Waals surface area contributed by atoms with Gasteiger partial charge >= 0.3 is 5.69 Å². The van der Waals surface area contributed by atoms with Crippen LogP contribution < -0.4 is 11.2 Å². The highest BCUT2D eigenvalue weighted by molar-refractivity contribution is 5.72. The van der Waals surface area contributed by atoms with Gasteiger partial charge in [0.1, 0.15) is 6.29 Å². The van der Waals surface area contributed by atoms with Crippen molar-refractivity contribution in [3.8, 4) is 23.7 Å². The summed E-state index contributed by atoms with van der Waals surface area (Å²) in [4.78, 5) is 40.3. The largest absolute Gasteiger partial charge is 0.329 e. The minimum atomic E-state index is -0.550. The third kappa shape index (κ3) is 2.63. The van der Waals surface area contributed by atoms with Crippen molar-refractivity contribution in [1.82, 2.24) is 19.1 Å². The molecule has 2 aromatic heterocycles. The van der Waals surface area contributed by atoms with Gasteiger partial charge in [-0.15, -0.1) is 5.92 Å². The van der Waals surface area contributed by atoms with Crippen LogP contribution in [-0.2, 0) is 18.4 Å². The number of nitrogens with one attached hydrogen (secondary N) is 1. The number of nitrogens with zero attached hydrogens (tertiary/aromatic N) is 3. The maximum Gasteiger partial charge on any atom is 0.329 e. The SMILES string of the molecule is CC#CCn1c(C#CCC=O)nc2c1c(=O)[nH]c(=O)n2C. The van der Waals surface area contributed by atoms with Crippen molar-refractivity contribution in [2.45, 2.75) is 19.9 Å². The summed E-state index contributed by atoms with van der Waals surface area (Å²) in [6, 6.07) is 0. The van der Waals surface area contributed by atoms with Crippen molar-refractivity contribution in [1.29, 1.82) is 0 Å². The van der Waals surface area contributed by atoms with Crippen LogP contribution >= 0.6 is 0 Å². The van der Waals surface area contributed by atoms with E-state index in [4.69, 9.17) is 0 Å². The maximum atomic E-state index is 12.0. The third-order valence-corrected chi connectivity index (χ3v) is 2.81. The van der Waals surface area contributed by atoms with Crippen molar-refractivity contribution < 1.29 is 4.79 Å². The van der Waals surface area contributed by atoms with Crippen LogP contribution in [0.25, 0.3) is 11.2 Å². The zero-order chi connectivity index (χ0) is 15.4. The molecule has 0 aliphatic rings. The number of hydrogen-bond acceptors (Lipinski definition) is 4. The first-order valence-corrected chi connectivity index (χ1v) is 6.11. The predicted molar refractivity (Wildman–Crippen MR) is 76.6 cm³/mol. The first kappa shape index (κ1) is 14.4. The molecule has 0 aliphatic heterocycles. The number of carbonyl (C=O) groups is 1. The molecule has 7 heteroatoms. The Balaban J connectivity index is 2.81. The number of imidazole rings is 1. The molecule has 0 radical (unpaired) electrons. The van der Waals surface area contributed by atoms with Gasteiger partial charge in [-0.3, -0.25) is 18.9 Å². The highest BCUT2D eigenvalue weighted by atomic mass is 16.2. The lowest BCUT2D eigenvalue weighted by molar-refractivity contribution is -0.107. The van der Waals surface area contributed by atoms with E-state index in [9.17, 15) is 14.4 Å². The summed E-state index contributed by atoms with van der Waals surface area (Å²) in [5, 5.41) is 0. The van der Waals surface area contributed by atoms with Crippen LogP contribution in [-0.4, -0.2) is 25.4 Å². The number of aromatic nitrogens is 4. The summed E-state index contributed by atoms with van der Waals surface area (Å²) in [6.07, 6.45) is 0.742. The van der Waals surface area contributed by atoms with E-state index in [-0.39, 0.29) is 24.1 Å². The van der Waals surface area contributed by atoms with Gasteiger partial charge in [-0.05, 0) is 12.8 Å². The van der Waals surface area contributed by atoms with Crippen molar-refractivity contribution in [3.05, 3.63) is 26.7 Å². The number of aldehydes is 1. The molecule has 1 N–H and O–H groups in total. The summed E-state index contributed by atoms with van der Waals surface area (Å²) in [5.41, 5.74) is -0.625. The van der Waals surface area contributed by atoms with E-state index in [1.165, 1.54) is 16.2 Å². The summed E-state index contributed by atoms with van der Waals surface area (Å²) in [7, 11) is 1.51. The molecule has 0 amide bonds. The van der Waals surface area contributed by atoms with Gasteiger partial charge in [-0.25, -0.2) is 9.78 Å². The molecule has 0 fully saturated rings. The number of carbonyl (C=O) groups excluding carboxylic acids is 1. The molecule has 0 aliphatic carbocycles. The molecule has 0 unspecified atom stereocenters. The van der Waals surface area contributed by atoms with Crippen molar-refractivity contribution in [3.63, 3.8) is 0 Å². The molecular weight excluding hydrogens is 272 g/mol. The van der Waals surface area contributed by atoms with E-state index in [0.717, 1.165) is 0 Å². The quantitative estimate of drug-likeness (QED) is 0.588. The molecule has 21 heavy (non-hydrogen) atoms. The topological polar surface area (TPSA) is 89.8 Å². The lowest BCUT2D eigenvalue weighted by atomic mass is 10.4. The fourth-order valence-electron chi connectivity index (χ4n) is 1.81. The summed E-state index contributed by atoms with van der Waals surface area (Å²) in [6.45, 7) is 1.90. The number of H-pyrrole nitrogens is 1. The molecule has 2 aromatic rings. The van der Waals surface area contributed by atoms with E-state index in [1.54, 1.807) is 6.92 Å². The molecule has 0 saturated heterocycles. The molecule has 0 atom stereocenters. The summed E-state index contributed by atoms with van der Waals surface area (Å²) >= 11 is 0. The van der Waals surface area contributed by atoms with Gasteiger partial charge in [-0.2, -0.15) is 0 Å². The van der Waals surface area contributed by atoms with Crippen LogP contribution in [0, 0.1) is 23.7 Å². The lowest BCUT2D eigenvalue weighted by Crippen LogP contribution is -2.29. The van der Waals surface area contributed by atoms with Crippen LogP contribution in [0.1, 0.15) is 19.2 Å². The number of fused-ring (bicyclic) bond motifs is 1. The Morgan fingerprint density at radius 3 is 2.76 bits per heavy atom. The molecule has 106 valence electrons. The average molecular weight is 284 g/mol. The molecule has 2 rings (SSSR count). The second-order valence-electron chi connectivity index (χ2n) is 4.11. The molecule has 2 heterocycles. The van der Waals surface area contributed by atoms with Gasteiger partial charge in [-0.1, -0.05) is 11.8 Å². The minimum Gasteiger partial charge on any atom is -0.302 e. The smallest absolute Gasteiger partial charge is 0.302 e. The number of aromatic amines is 1. The van der Waals surface area contributed by atoms with Gasteiger partial charge in [0, 0.05) is 7.05 Å². The van der Waals surface area contributed by atoms with Crippen molar-refractivity contribution in [2.75, 3.05) is 0 Å². The van der Waals surface area contributed by atoms with E-state index in [1.807, 2.05) is 0 Å². The van der Waals surface area contributed by atoms with Gasteiger partial charge in [0.15, 0.2) is 17.0 Å². The zero-order valence-corrected chi connectivity index (χ0v) is 11.6. The third-order valence-electron chi connectivity index (χ3n) is 2.81. The van der Waals surface area contributed by atoms with Crippen LogP contribution in [0.15, 0.2) is 9.59 Å². The van der Waals surface area contributed by atoms with E-state index >= 15 is 0 Å².